The molecule has 7 heteroatoms. The molecule has 1 aliphatic heterocycles. The number of unbranched alkanes of at least 4 members (excludes halogenated alkanes) is 3. The quantitative estimate of drug-likeness (QED) is 0.255. The molecule has 4 aromatic rings. The summed E-state index contributed by atoms with van der Waals surface area (Å²) >= 11 is 0. The van der Waals surface area contributed by atoms with Crippen LogP contribution in [-0.2, 0) is 0 Å². The maximum atomic E-state index is 13.7. The smallest absolute Gasteiger partial charge is 0.296 e. The third-order valence-electron chi connectivity index (χ3n) is 6.66. The van der Waals surface area contributed by atoms with Crippen LogP contribution in [-0.4, -0.2) is 24.6 Å². The van der Waals surface area contributed by atoms with E-state index in [0.717, 1.165) is 25.0 Å². The molecule has 1 aliphatic rings. The van der Waals surface area contributed by atoms with Gasteiger partial charge < -0.3 is 13.9 Å². The van der Waals surface area contributed by atoms with Gasteiger partial charge in [0, 0.05) is 5.69 Å². The molecule has 190 valence electrons. The van der Waals surface area contributed by atoms with Crippen molar-refractivity contribution in [2.24, 2.45) is 0 Å². The van der Waals surface area contributed by atoms with Crippen molar-refractivity contribution >= 4 is 22.7 Å². The first kappa shape index (κ1) is 24.6. The van der Waals surface area contributed by atoms with Gasteiger partial charge >= 0.3 is 0 Å². The number of rotatable bonds is 9. The summed E-state index contributed by atoms with van der Waals surface area (Å²) in [6, 6.07) is 17.2. The van der Waals surface area contributed by atoms with Crippen molar-refractivity contribution in [2.75, 3.05) is 18.6 Å². The van der Waals surface area contributed by atoms with Crippen molar-refractivity contribution in [3.8, 4) is 11.5 Å². The number of anilines is 1. The molecule has 0 radical (unpaired) electrons. The highest BCUT2D eigenvalue weighted by Crippen LogP contribution is 2.42. The first-order chi connectivity index (χ1) is 18.0. The average Bonchev–Trinajstić information content (AvgIpc) is 3.21. The van der Waals surface area contributed by atoms with Crippen LogP contribution in [0.1, 0.15) is 66.0 Å². The van der Waals surface area contributed by atoms with Gasteiger partial charge in [0.1, 0.15) is 11.4 Å². The second kappa shape index (κ2) is 10.5. The normalized spacial score (nSPS) is 14.7. The zero-order valence-corrected chi connectivity index (χ0v) is 21.3. The molecule has 1 amide bonds. The summed E-state index contributed by atoms with van der Waals surface area (Å²) in [5.74, 6) is 1.23. The van der Waals surface area contributed by atoms with Crippen LogP contribution >= 0.6 is 0 Å². The maximum Gasteiger partial charge on any atom is 0.296 e. The molecule has 0 saturated carbocycles. The van der Waals surface area contributed by atoms with Gasteiger partial charge in [0.2, 0.25) is 5.76 Å². The number of para-hydroxylation sites is 1. The number of carbonyl (C=O) groups is 1. The Morgan fingerprint density at radius 2 is 1.81 bits per heavy atom. The largest absolute Gasteiger partial charge is 0.493 e. The fourth-order valence-corrected chi connectivity index (χ4v) is 4.82. The molecule has 0 saturated heterocycles. The van der Waals surface area contributed by atoms with Crippen LogP contribution in [0.25, 0.3) is 11.0 Å². The molecule has 2 aromatic carbocycles. The molecule has 0 unspecified atom stereocenters. The van der Waals surface area contributed by atoms with Crippen LogP contribution in [0, 0.1) is 6.92 Å². The van der Waals surface area contributed by atoms with Crippen LogP contribution in [0.5, 0.6) is 11.5 Å². The molecule has 0 N–H and O–H groups in total. The molecule has 7 nitrogen and oxygen atoms in total. The fraction of sp³-hybridized carbons (Fsp3) is 0.300. The number of carbonyl (C=O) groups excluding carboxylic acids is 1. The highest BCUT2D eigenvalue weighted by molar-refractivity contribution is 6.10. The Morgan fingerprint density at radius 1 is 0.973 bits per heavy atom. The predicted molar refractivity (Wildman–Crippen MR) is 143 cm³/mol. The lowest BCUT2D eigenvalue weighted by molar-refractivity contribution is 0.0970. The van der Waals surface area contributed by atoms with Gasteiger partial charge in [0.25, 0.3) is 5.91 Å². The van der Waals surface area contributed by atoms with Gasteiger partial charge in [-0.3, -0.25) is 14.5 Å². The second-order valence-corrected chi connectivity index (χ2v) is 9.20. The number of amides is 1. The fourth-order valence-electron chi connectivity index (χ4n) is 4.82. The Hall–Kier alpha value is -4.13. The lowest BCUT2D eigenvalue weighted by atomic mass is 9.98. The summed E-state index contributed by atoms with van der Waals surface area (Å²) < 4.78 is 17.7. The SMILES string of the molecule is CCCCCCOc1ccc([C@H]2c3c(oc4ccccc4c3=O)C(=O)N2c2cccc(C)n2)cc1OC. The van der Waals surface area contributed by atoms with E-state index >= 15 is 0 Å². The van der Waals surface area contributed by atoms with Crippen molar-refractivity contribution in [1.82, 2.24) is 4.98 Å². The molecule has 1 atom stereocenters. The molecule has 5 rings (SSSR count). The van der Waals surface area contributed by atoms with Crippen LogP contribution < -0.4 is 19.8 Å². The zero-order valence-electron chi connectivity index (χ0n) is 21.3. The van der Waals surface area contributed by atoms with Gasteiger partial charge in [-0.15, -0.1) is 0 Å². The number of nitrogens with zero attached hydrogens (tertiary/aromatic N) is 2. The number of fused-ring (bicyclic) bond motifs is 2. The number of hydrogen-bond donors (Lipinski definition) is 0. The van der Waals surface area contributed by atoms with Gasteiger partial charge in [0.05, 0.1) is 30.7 Å². The third kappa shape index (κ3) is 4.57. The number of aryl methyl sites for hydroxylation is 1. The van der Waals surface area contributed by atoms with E-state index in [1.165, 1.54) is 11.3 Å². The average molecular weight is 499 g/mol. The van der Waals surface area contributed by atoms with E-state index in [2.05, 4.69) is 11.9 Å². The van der Waals surface area contributed by atoms with E-state index < -0.39 is 11.9 Å². The van der Waals surface area contributed by atoms with Crippen LogP contribution in [0.2, 0.25) is 0 Å². The van der Waals surface area contributed by atoms with Gasteiger partial charge in [-0.25, -0.2) is 4.98 Å². The van der Waals surface area contributed by atoms with Crippen molar-refractivity contribution in [2.45, 2.75) is 45.6 Å². The first-order valence-corrected chi connectivity index (χ1v) is 12.7. The summed E-state index contributed by atoms with van der Waals surface area (Å²) in [4.78, 5) is 33.6. The van der Waals surface area contributed by atoms with Crippen molar-refractivity contribution in [3.05, 3.63) is 93.5 Å². The minimum absolute atomic E-state index is 0.0345. The Bertz CT molecular complexity index is 1510. The Labute approximate surface area is 215 Å². The Balaban J connectivity index is 1.62. The highest BCUT2D eigenvalue weighted by Gasteiger charge is 2.44. The van der Waals surface area contributed by atoms with Crippen molar-refractivity contribution in [3.63, 3.8) is 0 Å². The van der Waals surface area contributed by atoms with E-state index in [0.29, 0.717) is 46.0 Å². The first-order valence-electron chi connectivity index (χ1n) is 12.7. The molecule has 0 spiro atoms. The number of methoxy groups -OCH3 is 1. The van der Waals surface area contributed by atoms with Crippen molar-refractivity contribution < 1.29 is 18.7 Å². The van der Waals surface area contributed by atoms with E-state index in [-0.39, 0.29) is 11.2 Å². The molecule has 2 aromatic heterocycles. The monoisotopic (exact) mass is 498 g/mol. The topological polar surface area (TPSA) is 81.9 Å². The molecular formula is C30H30N2O5. The summed E-state index contributed by atoms with van der Waals surface area (Å²) in [7, 11) is 1.58. The standard InChI is InChI=1S/C30H30N2O5/c1-4-5-6-9-17-36-23-16-15-20(18-24(23)35-3)27-26-28(33)21-12-7-8-13-22(21)37-29(26)30(34)32(27)25-14-10-11-19(2)31-25/h7-8,10-16,18,27H,4-6,9,17H2,1-3H3/t27-/m0/s1. The maximum absolute atomic E-state index is 13.7. The predicted octanol–water partition coefficient (Wildman–Crippen LogP) is 6.21. The number of ether oxygens (including phenoxy) is 2. The number of hydrogen-bond acceptors (Lipinski definition) is 6. The lowest BCUT2D eigenvalue weighted by Crippen LogP contribution is -2.30. The van der Waals surface area contributed by atoms with Crippen molar-refractivity contribution in [1.29, 1.82) is 0 Å². The van der Waals surface area contributed by atoms with Crippen LogP contribution in [0.15, 0.2) is 69.9 Å². The molecule has 37 heavy (non-hydrogen) atoms. The minimum Gasteiger partial charge on any atom is -0.493 e. The number of benzene rings is 2. The number of aromatic nitrogens is 1. The molecule has 3 heterocycles. The zero-order chi connectivity index (χ0) is 25.9. The van der Waals surface area contributed by atoms with Gasteiger partial charge in [-0.2, -0.15) is 0 Å². The summed E-state index contributed by atoms with van der Waals surface area (Å²) in [6.45, 7) is 4.63. The molecule has 0 bridgehead atoms. The summed E-state index contributed by atoms with van der Waals surface area (Å²) in [5.41, 5.74) is 1.90. The second-order valence-electron chi connectivity index (χ2n) is 9.20. The summed E-state index contributed by atoms with van der Waals surface area (Å²) in [6.07, 6.45) is 4.41. The molecule has 0 aliphatic carbocycles. The molecular weight excluding hydrogens is 468 g/mol. The third-order valence-corrected chi connectivity index (χ3v) is 6.66. The van der Waals surface area contributed by atoms with E-state index in [1.54, 1.807) is 37.4 Å². The molecule has 0 fully saturated rings. The van der Waals surface area contributed by atoms with Gasteiger partial charge in [-0.1, -0.05) is 50.5 Å². The minimum atomic E-state index is -0.731. The van der Waals surface area contributed by atoms with E-state index in [1.807, 2.05) is 37.3 Å². The highest BCUT2D eigenvalue weighted by atomic mass is 16.5. The van der Waals surface area contributed by atoms with Crippen LogP contribution in [0.3, 0.4) is 0 Å². The van der Waals surface area contributed by atoms with E-state index in [4.69, 9.17) is 13.9 Å². The Kier molecular flexibility index (Phi) is 6.95. The van der Waals surface area contributed by atoms with Gasteiger partial charge in [0.15, 0.2) is 16.9 Å². The van der Waals surface area contributed by atoms with E-state index in [9.17, 15) is 9.59 Å². The lowest BCUT2D eigenvalue weighted by Gasteiger charge is -2.25. The Morgan fingerprint density at radius 3 is 2.59 bits per heavy atom. The number of pyridine rings is 1. The summed E-state index contributed by atoms with van der Waals surface area (Å²) in [5, 5.41) is 0.428. The van der Waals surface area contributed by atoms with Gasteiger partial charge in [-0.05, 0) is 55.3 Å². The van der Waals surface area contributed by atoms with Crippen LogP contribution in [0.4, 0.5) is 5.82 Å².